The van der Waals surface area contributed by atoms with Gasteiger partial charge in [0.2, 0.25) is 0 Å². The maximum Gasteiger partial charge on any atom is 0.418 e. The number of hydrogen-bond donors (Lipinski definition) is 1. The number of fused-ring (bicyclic) bond motifs is 1. The van der Waals surface area contributed by atoms with Crippen LogP contribution in [0, 0.1) is 0 Å². The van der Waals surface area contributed by atoms with Gasteiger partial charge in [-0.1, -0.05) is 12.1 Å². The topological polar surface area (TPSA) is 41.1 Å². The SMILES string of the molecule is Cl.Cl.Cl.Cl.FC(F)(F)c1cccc2c(-c3ccnc(N4CCNCC4)c3)ccnc12. The number of piperazine rings is 1. The quantitative estimate of drug-likeness (QED) is 0.507. The zero-order valence-corrected chi connectivity index (χ0v) is 18.8. The summed E-state index contributed by atoms with van der Waals surface area (Å²) < 4.78 is 39.9. The van der Waals surface area contributed by atoms with E-state index in [1.54, 1.807) is 18.3 Å². The molecule has 30 heavy (non-hydrogen) atoms. The molecule has 0 amide bonds. The monoisotopic (exact) mass is 502 g/mol. The van der Waals surface area contributed by atoms with Gasteiger partial charge in [-0.15, -0.1) is 49.6 Å². The van der Waals surface area contributed by atoms with Gasteiger partial charge >= 0.3 is 6.18 Å². The van der Waals surface area contributed by atoms with E-state index in [0.717, 1.165) is 49.2 Å². The molecule has 1 aliphatic rings. The minimum Gasteiger partial charge on any atom is -0.354 e. The van der Waals surface area contributed by atoms with Crippen LogP contribution in [-0.2, 0) is 6.18 Å². The molecule has 0 bridgehead atoms. The molecule has 0 radical (unpaired) electrons. The molecule has 0 atom stereocenters. The normalized spacial score (nSPS) is 13.4. The Morgan fingerprint density at radius 3 is 2.20 bits per heavy atom. The smallest absolute Gasteiger partial charge is 0.354 e. The van der Waals surface area contributed by atoms with Crippen LogP contribution in [0.1, 0.15) is 5.56 Å². The second-order valence-corrected chi connectivity index (χ2v) is 6.20. The van der Waals surface area contributed by atoms with Gasteiger partial charge in [0.25, 0.3) is 0 Å². The van der Waals surface area contributed by atoms with Crippen LogP contribution in [0.5, 0.6) is 0 Å². The van der Waals surface area contributed by atoms with E-state index >= 15 is 0 Å². The lowest BCUT2D eigenvalue weighted by Gasteiger charge is -2.28. The zero-order chi connectivity index (χ0) is 18.1. The van der Waals surface area contributed by atoms with Gasteiger partial charge < -0.3 is 10.2 Å². The van der Waals surface area contributed by atoms with Gasteiger partial charge in [-0.2, -0.15) is 13.2 Å². The van der Waals surface area contributed by atoms with Gasteiger partial charge in [0.1, 0.15) is 5.82 Å². The number of pyridine rings is 2. The third-order valence-corrected chi connectivity index (χ3v) is 4.57. The molecule has 3 heterocycles. The first-order valence-corrected chi connectivity index (χ1v) is 8.41. The largest absolute Gasteiger partial charge is 0.418 e. The molecule has 3 aromatic rings. The number of nitrogens with one attached hydrogen (secondary N) is 1. The molecule has 0 aliphatic carbocycles. The first-order valence-electron chi connectivity index (χ1n) is 8.41. The van der Waals surface area contributed by atoms with Crippen molar-refractivity contribution >= 4 is 66.3 Å². The summed E-state index contributed by atoms with van der Waals surface area (Å²) in [5, 5.41) is 3.78. The molecule has 0 unspecified atom stereocenters. The van der Waals surface area contributed by atoms with Crippen molar-refractivity contribution in [1.29, 1.82) is 0 Å². The highest BCUT2D eigenvalue weighted by atomic mass is 35.5. The summed E-state index contributed by atoms with van der Waals surface area (Å²) in [5.41, 5.74) is 0.811. The number of nitrogens with zero attached hydrogens (tertiary/aromatic N) is 3. The predicted octanol–water partition coefficient (Wildman–Crippen LogP) is 5.41. The molecule has 1 fully saturated rings. The van der Waals surface area contributed by atoms with Crippen molar-refractivity contribution in [2.75, 3.05) is 31.1 Å². The van der Waals surface area contributed by atoms with Gasteiger partial charge in [0.05, 0.1) is 11.1 Å². The van der Waals surface area contributed by atoms with Gasteiger partial charge in [-0.25, -0.2) is 4.98 Å². The number of alkyl halides is 3. The predicted molar refractivity (Wildman–Crippen MR) is 124 cm³/mol. The highest BCUT2D eigenvalue weighted by Gasteiger charge is 2.33. The van der Waals surface area contributed by atoms with Crippen molar-refractivity contribution in [3.63, 3.8) is 0 Å². The molecule has 2 aromatic heterocycles. The van der Waals surface area contributed by atoms with Crippen molar-refractivity contribution in [2.45, 2.75) is 6.18 Å². The standard InChI is InChI=1S/C19H17F3N4.4ClH/c20-19(21,22)16-3-1-2-15-14(5-7-25-18(15)16)13-4-6-24-17(12-13)26-10-8-23-9-11-26;;;;/h1-7,12,23H,8-11H2;4*1H. The van der Waals surface area contributed by atoms with E-state index in [-0.39, 0.29) is 55.1 Å². The van der Waals surface area contributed by atoms with E-state index < -0.39 is 11.7 Å². The molecule has 4 nitrogen and oxygen atoms in total. The van der Waals surface area contributed by atoms with Crippen molar-refractivity contribution in [3.8, 4) is 11.1 Å². The van der Waals surface area contributed by atoms with E-state index in [2.05, 4.69) is 20.2 Å². The van der Waals surface area contributed by atoms with Crippen molar-refractivity contribution < 1.29 is 13.2 Å². The van der Waals surface area contributed by atoms with Gasteiger partial charge in [0, 0.05) is 44.0 Å². The average Bonchev–Trinajstić information content (AvgIpc) is 2.67. The highest BCUT2D eigenvalue weighted by molar-refractivity contribution is 5.96. The first kappa shape index (κ1) is 28.5. The Bertz CT molecular complexity index is 950. The molecular weight excluding hydrogens is 483 g/mol. The molecular formula is C19H21Cl4F3N4. The van der Waals surface area contributed by atoms with Crippen molar-refractivity contribution in [2.24, 2.45) is 0 Å². The Morgan fingerprint density at radius 1 is 0.867 bits per heavy atom. The van der Waals surface area contributed by atoms with Crippen LogP contribution >= 0.6 is 49.6 Å². The van der Waals surface area contributed by atoms with Crippen molar-refractivity contribution in [1.82, 2.24) is 15.3 Å². The lowest BCUT2D eigenvalue weighted by Crippen LogP contribution is -2.43. The Kier molecular flexibility index (Phi) is 11.2. The minimum absolute atomic E-state index is 0. The average molecular weight is 504 g/mol. The number of benzene rings is 1. The van der Waals surface area contributed by atoms with Crippen LogP contribution in [-0.4, -0.2) is 36.1 Å². The second-order valence-electron chi connectivity index (χ2n) is 6.20. The summed E-state index contributed by atoms with van der Waals surface area (Å²) in [6.07, 6.45) is -1.31. The van der Waals surface area contributed by atoms with E-state index in [1.165, 1.54) is 12.3 Å². The van der Waals surface area contributed by atoms with Crippen LogP contribution < -0.4 is 10.2 Å². The van der Waals surface area contributed by atoms with Crippen LogP contribution in [0.4, 0.5) is 19.0 Å². The van der Waals surface area contributed by atoms with Gasteiger partial charge in [-0.05, 0) is 35.4 Å². The third-order valence-electron chi connectivity index (χ3n) is 4.57. The van der Waals surface area contributed by atoms with Crippen LogP contribution in [0.3, 0.4) is 0 Å². The van der Waals surface area contributed by atoms with E-state index in [1.807, 2.05) is 12.1 Å². The fourth-order valence-corrected chi connectivity index (χ4v) is 3.31. The summed E-state index contributed by atoms with van der Waals surface area (Å²) >= 11 is 0. The molecule has 1 aliphatic heterocycles. The number of para-hydroxylation sites is 1. The minimum atomic E-state index is -4.44. The van der Waals surface area contributed by atoms with Crippen molar-refractivity contribution in [3.05, 3.63) is 54.4 Å². The number of hydrogen-bond acceptors (Lipinski definition) is 4. The fourth-order valence-electron chi connectivity index (χ4n) is 3.31. The summed E-state index contributed by atoms with van der Waals surface area (Å²) in [4.78, 5) is 10.6. The molecule has 1 N–H and O–H groups in total. The summed E-state index contributed by atoms with van der Waals surface area (Å²) in [6, 6.07) is 9.67. The number of halogens is 7. The zero-order valence-electron chi connectivity index (χ0n) is 15.6. The number of aromatic nitrogens is 2. The Morgan fingerprint density at radius 2 is 1.53 bits per heavy atom. The van der Waals surface area contributed by atoms with Crippen LogP contribution in [0.2, 0.25) is 0 Å². The van der Waals surface area contributed by atoms with Crippen LogP contribution in [0.25, 0.3) is 22.0 Å². The lowest BCUT2D eigenvalue weighted by atomic mass is 9.99. The molecule has 1 aromatic carbocycles. The summed E-state index contributed by atoms with van der Waals surface area (Å²) in [6.45, 7) is 3.48. The van der Waals surface area contributed by atoms with Gasteiger partial charge in [0.15, 0.2) is 0 Å². The first-order chi connectivity index (χ1) is 12.5. The Labute approximate surface area is 197 Å². The fraction of sp³-hybridized carbons (Fsp3) is 0.263. The molecule has 4 rings (SSSR count). The molecule has 0 saturated carbocycles. The molecule has 0 spiro atoms. The molecule has 11 heteroatoms. The second kappa shape index (κ2) is 11.8. The summed E-state index contributed by atoms with van der Waals surface area (Å²) in [5.74, 6) is 0.834. The number of rotatable bonds is 2. The number of anilines is 1. The Balaban J connectivity index is 0.00000210. The highest BCUT2D eigenvalue weighted by Crippen LogP contribution is 2.37. The van der Waals surface area contributed by atoms with E-state index in [4.69, 9.17) is 0 Å². The maximum absolute atomic E-state index is 13.3. The van der Waals surface area contributed by atoms with E-state index in [9.17, 15) is 13.2 Å². The lowest BCUT2D eigenvalue weighted by molar-refractivity contribution is -0.136. The van der Waals surface area contributed by atoms with Crippen LogP contribution in [0.15, 0.2) is 48.8 Å². The molecule has 166 valence electrons. The summed E-state index contributed by atoms with van der Waals surface area (Å²) in [7, 11) is 0. The van der Waals surface area contributed by atoms with E-state index in [0.29, 0.717) is 5.39 Å². The van der Waals surface area contributed by atoms with Gasteiger partial charge in [-0.3, -0.25) is 4.98 Å². The maximum atomic E-state index is 13.3. The Hall–Kier alpha value is -1.51. The third kappa shape index (κ3) is 5.80. The molecule has 1 saturated heterocycles.